The molecular formula is C11H9F3. The highest BCUT2D eigenvalue weighted by atomic mass is 19.4. The molecule has 0 aromatic heterocycles. The summed E-state index contributed by atoms with van der Waals surface area (Å²) in [5, 5.41) is 0. The average molecular weight is 198 g/mol. The van der Waals surface area contributed by atoms with Crippen LogP contribution in [0.5, 0.6) is 0 Å². The van der Waals surface area contributed by atoms with Crippen molar-refractivity contribution in [3.63, 3.8) is 0 Å². The van der Waals surface area contributed by atoms with E-state index in [1.807, 2.05) is 0 Å². The highest BCUT2D eigenvalue weighted by Gasteiger charge is 2.33. The molecule has 1 aromatic rings. The number of alkyl halides is 3. The molecule has 0 aliphatic rings. The number of hydrogen-bond acceptors (Lipinski definition) is 0. The number of allylic oxidation sites excluding steroid dienone is 3. The summed E-state index contributed by atoms with van der Waals surface area (Å²) in [5.41, 5.74) is -0.520. The van der Waals surface area contributed by atoms with E-state index in [9.17, 15) is 13.2 Å². The van der Waals surface area contributed by atoms with Crippen LogP contribution in [0.2, 0.25) is 0 Å². The van der Waals surface area contributed by atoms with Gasteiger partial charge in [0.25, 0.3) is 0 Å². The molecule has 0 fully saturated rings. The average Bonchev–Trinajstić information content (AvgIpc) is 2.14. The molecule has 1 aromatic carbocycles. The fourth-order valence-electron chi connectivity index (χ4n) is 1.09. The van der Waals surface area contributed by atoms with E-state index in [1.54, 1.807) is 18.2 Å². The third-order valence-electron chi connectivity index (χ3n) is 1.67. The smallest absolute Gasteiger partial charge is 0.166 e. The largest absolute Gasteiger partial charge is 0.416 e. The Kier molecular flexibility index (Phi) is 3.12. The molecular weight excluding hydrogens is 189 g/mol. The van der Waals surface area contributed by atoms with E-state index in [1.165, 1.54) is 12.1 Å². The van der Waals surface area contributed by atoms with E-state index in [-0.39, 0.29) is 5.56 Å². The SMILES string of the molecule is C=C/C=C(/c1ccccc1)C(F)(F)F. The minimum Gasteiger partial charge on any atom is -0.166 e. The summed E-state index contributed by atoms with van der Waals surface area (Å²) in [6, 6.07) is 7.65. The topological polar surface area (TPSA) is 0 Å². The second-order valence-electron chi connectivity index (χ2n) is 2.68. The maximum atomic E-state index is 12.5. The Morgan fingerprint density at radius 2 is 1.71 bits per heavy atom. The van der Waals surface area contributed by atoms with Gasteiger partial charge in [0.15, 0.2) is 0 Å². The summed E-state index contributed by atoms with van der Waals surface area (Å²) in [4.78, 5) is 0. The lowest BCUT2D eigenvalue weighted by Gasteiger charge is -2.10. The van der Waals surface area contributed by atoms with Crippen LogP contribution >= 0.6 is 0 Å². The highest BCUT2D eigenvalue weighted by Crippen LogP contribution is 2.33. The molecule has 74 valence electrons. The lowest BCUT2D eigenvalue weighted by molar-refractivity contribution is -0.0688. The third kappa shape index (κ3) is 2.49. The van der Waals surface area contributed by atoms with Gasteiger partial charge in [0, 0.05) is 0 Å². The van der Waals surface area contributed by atoms with Crippen LogP contribution in [0.1, 0.15) is 5.56 Å². The van der Waals surface area contributed by atoms with Gasteiger partial charge in [-0.05, 0) is 11.6 Å². The second-order valence-corrected chi connectivity index (χ2v) is 2.68. The molecule has 0 unspecified atom stereocenters. The van der Waals surface area contributed by atoms with Gasteiger partial charge in [0.1, 0.15) is 0 Å². The van der Waals surface area contributed by atoms with Gasteiger partial charge in [-0.3, -0.25) is 0 Å². The summed E-state index contributed by atoms with van der Waals surface area (Å²) in [7, 11) is 0. The lowest BCUT2D eigenvalue weighted by Crippen LogP contribution is -2.10. The molecule has 0 bridgehead atoms. The monoisotopic (exact) mass is 198 g/mol. The zero-order chi connectivity index (χ0) is 10.6. The van der Waals surface area contributed by atoms with Crippen LogP contribution in [0.3, 0.4) is 0 Å². The minimum absolute atomic E-state index is 0.153. The quantitative estimate of drug-likeness (QED) is 0.634. The first-order chi connectivity index (χ1) is 6.55. The first-order valence-electron chi connectivity index (χ1n) is 4.01. The molecule has 14 heavy (non-hydrogen) atoms. The van der Waals surface area contributed by atoms with E-state index < -0.39 is 11.7 Å². The standard InChI is InChI=1S/C11H9F3/c1-2-6-10(11(12,13)14)9-7-4-3-5-8-9/h2-8H,1H2/b10-6-. The summed E-state index contributed by atoms with van der Waals surface area (Å²) in [5.74, 6) is 0. The first-order valence-corrected chi connectivity index (χ1v) is 4.01. The van der Waals surface area contributed by atoms with Crippen LogP contribution in [0, 0.1) is 0 Å². The molecule has 0 saturated carbocycles. The van der Waals surface area contributed by atoms with Crippen LogP contribution in [0.25, 0.3) is 5.57 Å². The van der Waals surface area contributed by atoms with Gasteiger partial charge in [0.2, 0.25) is 0 Å². The Labute approximate surface area is 80.4 Å². The summed E-state index contributed by atoms with van der Waals surface area (Å²) < 4.78 is 37.4. The molecule has 3 heteroatoms. The Morgan fingerprint density at radius 3 is 2.14 bits per heavy atom. The van der Waals surface area contributed by atoms with Crippen molar-refractivity contribution in [2.45, 2.75) is 6.18 Å². The minimum atomic E-state index is -4.34. The third-order valence-corrected chi connectivity index (χ3v) is 1.67. The molecule has 0 aliphatic heterocycles. The molecule has 0 amide bonds. The molecule has 0 atom stereocenters. The van der Waals surface area contributed by atoms with Crippen LogP contribution in [0.4, 0.5) is 13.2 Å². The number of halogens is 3. The Bertz CT molecular complexity index is 333. The number of benzene rings is 1. The molecule has 0 spiro atoms. The zero-order valence-corrected chi connectivity index (χ0v) is 7.38. The predicted molar refractivity (Wildman–Crippen MR) is 50.7 cm³/mol. The molecule has 0 heterocycles. The molecule has 0 N–H and O–H groups in total. The maximum absolute atomic E-state index is 12.5. The van der Waals surface area contributed by atoms with Crippen molar-refractivity contribution in [3.8, 4) is 0 Å². The van der Waals surface area contributed by atoms with E-state index in [4.69, 9.17) is 0 Å². The Hall–Kier alpha value is -1.51. The van der Waals surface area contributed by atoms with Crippen molar-refractivity contribution in [2.24, 2.45) is 0 Å². The molecule has 0 saturated heterocycles. The fourth-order valence-corrected chi connectivity index (χ4v) is 1.09. The van der Waals surface area contributed by atoms with Gasteiger partial charge in [-0.15, -0.1) is 0 Å². The van der Waals surface area contributed by atoms with Crippen molar-refractivity contribution in [1.29, 1.82) is 0 Å². The van der Waals surface area contributed by atoms with E-state index in [0.717, 1.165) is 12.2 Å². The molecule has 1 rings (SSSR count). The van der Waals surface area contributed by atoms with E-state index in [2.05, 4.69) is 6.58 Å². The molecule has 0 aliphatic carbocycles. The summed E-state index contributed by atoms with van der Waals surface area (Å²) >= 11 is 0. The Morgan fingerprint density at radius 1 is 1.14 bits per heavy atom. The van der Waals surface area contributed by atoms with E-state index in [0.29, 0.717) is 0 Å². The molecule has 0 nitrogen and oxygen atoms in total. The van der Waals surface area contributed by atoms with Gasteiger partial charge in [-0.25, -0.2) is 0 Å². The van der Waals surface area contributed by atoms with Gasteiger partial charge in [0.05, 0.1) is 5.57 Å². The van der Waals surface area contributed by atoms with Gasteiger partial charge < -0.3 is 0 Å². The zero-order valence-electron chi connectivity index (χ0n) is 7.38. The lowest BCUT2D eigenvalue weighted by atomic mass is 10.1. The summed E-state index contributed by atoms with van der Waals surface area (Å²) in [6.07, 6.45) is -2.24. The van der Waals surface area contributed by atoms with Crippen molar-refractivity contribution < 1.29 is 13.2 Å². The van der Waals surface area contributed by atoms with Crippen molar-refractivity contribution in [2.75, 3.05) is 0 Å². The van der Waals surface area contributed by atoms with Gasteiger partial charge in [-0.2, -0.15) is 13.2 Å². The molecule has 0 radical (unpaired) electrons. The van der Waals surface area contributed by atoms with Crippen LogP contribution in [0.15, 0.2) is 49.1 Å². The normalized spacial score (nSPS) is 12.6. The Balaban J connectivity index is 3.15. The van der Waals surface area contributed by atoms with Crippen LogP contribution < -0.4 is 0 Å². The fraction of sp³-hybridized carbons (Fsp3) is 0.0909. The van der Waals surface area contributed by atoms with Crippen LogP contribution in [-0.4, -0.2) is 6.18 Å². The number of rotatable bonds is 2. The highest BCUT2D eigenvalue weighted by molar-refractivity contribution is 5.70. The van der Waals surface area contributed by atoms with Crippen molar-refractivity contribution in [3.05, 3.63) is 54.6 Å². The predicted octanol–water partition coefficient (Wildman–Crippen LogP) is 3.82. The maximum Gasteiger partial charge on any atom is 0.416 e. The first kappa shape index (κ1) is 10.6. The van der Waals surface area contributed by atoms with Crippen molar-refractivity contribution in [1.82, 2.24) is 0 Å². The van der Waals surface area contributed by atoms with Crippen molar-refractivity contribution >= 4 is 5.57 Å². The van der Waals surface area contributed by atoms with Gasteiger partial charge >= 0.3 is 6.18 Å². The number of hydrogen-bond donors (Lipinski definition) is 0. The van der Waals surface area contributed by atoms with E-state index >= 15 is 0 Å². The summed E-state index contributed by atoms with van der Waals surface area (Å²) in [6.45, 7) is 3.26. The van der Waals surface area contributed by atoms with Gasteiger partial charge in [-0.1, -0.05) is 43.0 Å². The second kappa shape index (κ2) is 4.13. The van der Waals surface area contributed by atoms with Crippen LogP contribution in [-0.2, 0) is 0 Å².